The third-order valence-corrected chi connectivity index (χ3v) is 3.42. The summed E-state index contributed by atoms with van der Waals surface area (Å²) in [7, 11) is 0. The molecule has 0 heterocycles. The quantitative estimate of drug-likeness (QED) is 0.448. The van der Waals surface area contributed by atoms with Crippen LogP contribution >= 0.6 is 0 Å². The van der Waals surface area contributed by atoms with Gasteiger partial charge < -0.3 is 9.94 Å². The van der Waals surface area contributed by atoms with Crippen LogP contribution in [-0.4, -0.2) is 11.0 Å². The third kappa shape index (κ3) is 3.06. The summed E-state index contributed by atoms with van der Waals surface area (Å²) < 4.78 is 0. The lowest BCUT2D eigenvalue weighted by Gasteiger charge is -2.22. The molecule has 0 atom stereocenters. The van der Waals surface area contributed by atoms with Gasteiger partial charge in [0.15, 0.2) is 0 Å². The van der Waals surface area contributed by atoms with Gasteiger partial charge in [0, 0.05) is 5.56 Å². The van der Waals surface area contributed by atoms with Gasteiger partial charge in [0.1, 0.15) is 5.75 Å². The van der Waals surface area contributed by atoms with Gasteiger partial charge in [-0.05, 0) is 28.7 Å². The van der Waals surface area contributed by atoms with Crippen LogP contribution in [0, 0.1) is 5.41 Å². The molecule has 0 amide bonds. The van der Waals surface area contributed by atoms with Gasteiger partial charge in [-0.3, -0.25) is 5.41 Å². The van der Waals surface area contributed by atoms with Crippen molar-refractivity contribution in [3.05, 3.63) is 53.6 Å². The van der Waals surface area contributed by atoms with Crippen molar-refractivity contribution >= 4 is 5.90 Å². The summed E-state index contributed by atoms with van der Waals surface area (Å²) >= 11 is 0. The summed E-state index contributed by atoms with van der Waals surface area (Å²) in [6, 6.07) is 13.2. The lowest BCUT2D eigenvalue weighted by molar-refractivity contribution is 0.317. The molecule has 0 fully saturated rings. The summed E-state index contributed by atoms with van der Waals surface area (Å²) in [5.74, 6) is 4.84. The van der Waals surface area contributed by atoms with Gasteiger partial charge in [-0.2, -0.15) is 5.90 Å². The Kier molecular flexibility index (Phi) is 4.00. The Morgan fingerprint density at radius 3 is 2.29 bits per heavy atom. The van der Waals surface area contributed by atoms with Crippen LogP contribution in [0.2, 0.25) is 0 Å². The maximum Gasteiger partial charge on any atom is 0.241 e. The highest BCUT2D eigenvalue weighted by Crippen LogP contribution is 2.37. The first-order chi connectivity index (χ1) is 9.84. The predicted molar refractivity (Wildman–Crippen MR) is 84.3 cm³/mol. The molecule has 0 bridgehead atoms. The number of phenolic OH excluding ortho intramolecular Hbond substituents is 1. The van der Waals surface area contributed by atoms with E-state index in [1.807, 2.05) is 36.4 Å². The second-order valence-corrected chi connectivity index (χ2v) is 5.98. The van der Waals surface area contributed by atoms with Crippen LogP contribution in [0.15, 0.2) is 42.5 Å². The average molecular weight is 284 g/mol. The molecule has 0 saturated heterocycles. The smallest absolute Gasteiger partial charge is 0.241 e. The topological polar surface area (TPSA) is 79.3 Å². The van der Waals surface area contributed by atoms with Crippen LogP contribution in [0.1, 0.15) is 31.9 Å². The molecule has 0 saturated carbocycles. The maximum atomic E-state index is 10.5. The Balaban J connectivity index is 2.72. The number of nitrogens with one attached hydrogen (secondary N) is 1. The molecule has 4 N–H and O–H groups in total. The van der Waals surface area contributed by atoms with Crippen molar-refractivity contribution in [1.29, 1.82) is 5.41 Å². The van der Waals surface area contributed by atoms with E-state index in [1.54, 1.807) is 6.07 Å². The van der Waals surface area contributed by atoms with Crippen LogP contribution in [-0.2, 0) is 10.3 Å². The number of rotatable bonds is 2. The summed E-state index contributed by atoms with van der Waals surface area (Å²) in [5, 5.41) is 18.2. The van der Waals surface area contributed by atoms with Crippen molar-refractivity contribution in [2.24, 2.45) is 5.90 Å². The molecule has 0 unspecified atom stereocenters. The van der Waals surface area contributed by atoms with E-state index in [0.717, 1.165) is 11.1 Å². The largest absolute Gasteiger partial charge is 0.506 e. The van der Waals surface area contributed by atoms with Gasteiger partial charge in [0.25, 0.3) is 0 Å². The van der Waals surface area contributed by atoms with Crippen LogP contribution in [0.5, 0.6) is 5.75 Å². The fourth-order valence-corrected chi connectivity index (χ4v) is 2.14. The van der Waals surface area contributed by atoms with Crippen LogP contribution in [0.4, 0.5) is 0 Å². The Morgan fingerprint density at radius 2 is 1.76 bits per heavy atom. The molecular weight excluding hydrogens is 264 g/mol. The summed E-state index contributed by atoms with van der Waals surface area (Å²) in [4.78, 5) is 4.50. The molecule has 110 valence electrons. The lowest BCUT2D eigenvalue weighted by atomic mass is 9.83. The first-order valence-corrected chi connectivity index (χ1v) is 6.73. The Labute approximate surface area is 124 Å². The Bertz CT molecular complexity index is 658. The van der Waals surface area contributed by atoms with E-state index in [2.05, 4.69) is 25.6 Å². The monoisotopic (exact) mass is 284 g/mol. The standard InChI is InChI=1S/C17H20N2O2/c1-17(2,3)12-9-13(11-7-5-4-6-8-11)15(20)14(10-12)16(18)21-19/h4-10,18,20H,19H2,1-3H3. The van der Waals surface area contributed by atoms with Crippen LogP contribution < -0.4 is 5.90 Å². The minimum Gasteiger partial charge on any atom is -0.506 e. The van der Waals surface area contributed by atoms with E-state index in [1.165, 1.54) is 0 Å². The molecule has 0 radical (unpaired) electrons. The molecule has 0 aliphatic heterocycles. The highest BCUT2D eigenvalue weighted by Gasteiger charge is 2.21. The minimum atomic E-state index is -0.254. The molecule has 2 rings (SSSR count). The zero-order chi connectivity index (χ0) is 15.6. The van der Waals surface area contributed by atoms with Gasteiger partial charge in [-0.1, -0.05) is 51.1 Å². The molecule has 0 aliphatic carbocycles. The second-order valence-electron chi connectivity index (χ2n) is 5.98. The van der Waals surface area contributed by atoms with Crippen molar-refractivity contribution in [2.75, 3.05) is 0 Å². The van der Waals surface area contributed by atoms with Crippen molar-refractivity contribution in [3.63, 3.8) is 0 Å². The molecule has 2 aromatic carbocycles. The number of nitrogens with two attached hydrogens (primary N) is 1. The van der Waals surface area contributed by atoms with E-state index in [-0.39, 0.29) is 17.1 Å². The van der Waals surface area contributed by atoms with E-state index in [0.29, 0.717) is 11.1 Å². The fourth-order valence-electron chi connectivity index (χ4n) is 2.14. The van der Waals surface area contributed by atoms with E-state index in [4.69, 9.17) is 11.3 Å². The van der Waals surface area contributed by atoms with Gasteiger partial charge in [-0.15, -0.1) is 0 Å². The average Bonchev–Trinajstić information content (AvgIpc) is 2.46. The maximum absolute atomic E-state index is 10.5. The van der Waals surface area contributed by atoms with Crippen molar-refractivity contribution in [2.45, 2.75) is 26.2 Å². The first-order valence-electron chi connectivity index (χ1n) is 6.73. The highest BCUT2D eigenvalue weighted by atomic mass is 16.6. The fraction of sp³-hybridized carbons (Fsp3) is 0.235. The summed E-state index contributed by atoms with van der Waals surface area (Å²) in [5.41, 5.74) is 2.72. The van der Waals surface area contributed by atoms with Crippen molar-refractivity contribution < 1.29 is 9.94 Å². The first kappa shape index (κ1) is 15.1. The molecule has 2 aromatic rings. The van der Waals surface area contributed by atoms with Gasteiger partial charge in [0.2, 0.25) is 5.90 Å². The summed E-state index contributed by atoms with van der Waals surface area (Å²) in [6.07, 6.45) is 0. The number of hydrogen-bond acceptors (Lipinski definition) is 4. The number of phenols is 1. The van der Waals surface area contributed by atoms with Gasteiger partial charge in [0.05, 0.1) is 5.56 Å². The molecule has 4 nitrogen and oxygen atoms in total. The van der Waals surface area contributed by atoms with E-state index >= 15 is 0 Å². The molecule has 0 aliphatic rings. The molecular formula is C17H20N2O2. The van der Waals surface area contributed by atoms with E-state index < -0.39 is 0 Å². The SMILES string of the molecule is CC(C)(C)c1cc(C(=N)ON)c(O)c(-c2ccccc2)c1. The highest BCUT2D eigenvalue weighted by molar-refractivity contribution is 5.97. The van der Waals surface area contributed by atoms with Crippen LogP contribution in [0.25, 0.3) is 11.1 Å². The summed E-state index contributed by atoms with van der Waals surface area (Å²) in [6.45, 7) is 6.22. The number of benzene rings is 2. The van der Waals surface area contributed by atoms with E-state index in [9.17, 15) is 5.11 Å². The molecule has 0 spiro atoms. The molecule has 21 heavy (non-hydrogen) atoms. The zero-order valence-electron chi connectivity index (χ0n) is 12.5. The molecule has 0 aromatic heterocycles. The number of aromatic hydroxyl groups is 1. The normalized spacial score (nSPS) is 11.2. The molecule has 4 heteroatoms. The predicted octanol–water partition coefficient (Wildman–Crippen LogP) is 3.57. The zero-order valence-corrected chi connectivity index (χ0v) is 12.5. The number of hydrogen-bond donors (Lipinski definition) is 3. The lowest BCUT2D eigenvalue weighted by Crippen LogP contribution is -2.15. The van der Waals surface area contributed by atoms with Crippen molar-refractivity contribution in [1.82, 2.24) is 0 Å². The third-order valence-electron chi connectivity index (χ3n) is 3.42. The Morgan fingerprint density at radius 1 is 1.14 bits per heavy atom. The second kappa shape index (κ2) is 5.58. The Hall–Kier alpha value is -2.33. The van der Waals surface area contributed by atoms with Crippen LogP contribution in [0.3, 0.4) is 0 Å². The minimum absolute atomic E-state index is 0.00431. The van der Waals surface area contributed by atoms with Gasteiger partial charge in [-0.25, -0.2) is 0 Å². The van der Waals surface area contributed by atoms with Crippen molar-refractivity contribution in [3.8, 4) is 16.9 Å². The van der Waals surface area contributed by atoms with Gasteiger partial charge >= 0.3 is 0 Å².